The summed E-state index contributed by atoms with van der Waals surface area (Å²) in [5, 5.41) is 7.19. The van der Waals surface area contributed by atoms with Gasteiger partial charge >= 0.3 is 0 Å². The zero-order chi connectivity index (χ0) is 15.4. The van der Waals surface area contributed by atoms with E-state index in [0.717, 1.165) is 11.1 Å². The molecule has 0 aliphatic carbocycles. The highest BCUT2D eigenvalue weighted by molar-refractivity contribution is 5.85. The lowest BCUT2D eigenvalue weighted by Gasteiger charge is -2.23. The Morgan fingerprint density at radius 3 is 2.50 bits per heavy atom. The van der Waals surface area contributed by atoms with Gasteiger partial charge in [-0.2, -0.15) is 5.10 Å². The van der Waals surface area contributed by atoms with Crippen molar-refractivity contribution in [1.29, 1.82) is 0 Å². The van der Waals surface area contributed by atoms with Crippen LogP contribution in [-0.2, 0) is 18.4 Å². The van der Waals surface area contributed by atoms with Gasteiger partial charge in [-0.3, -0.25) is 9.48 Å². The van der Waals surface area contributed by atoms with Crippen molar-refractivity contribution in [3.8, 4) is 0 Å². The summed E-state index contributed by atoms with van der Waals surface area (Å²) in [6.07, 6.45) is 3.58. The minimum atomic E-state index is -0.367. The molecule has 1 unspecified atom stereocenters. The van der Waals surface area contributed by atoms with E-state index in [1.165, 1.54) is 5.56 Å². The molecule has 2 aromatic rings. The average molecular weight is 323 g/mol. The predicted octanol–water partition coefficient (Wildman–Crippen LogP) is 2.07. The number of halogens is 1. The van der Waals surface area contributed by atoms with Crippen molar-refractivity contribution >= 4 is 18.3 Å². The average Bonchev–Trinajstić information content (AvgIpc) is 2.88. The highest BCUT2D eigenvalue weighted by Gasteiger charge is 2.23. The summed E-state index contributed by atoms with van der Waals surface area (Å²) in [5.41, 5.74) is 3.22. The number of benzene rings is 1. The number of hydrogen-bond acceptors (Lipinski definition) is 3. The molecule has 1 heterocycles. The second-order valence-corrected chi connectivity index (χ2v) is 5.35. The third kappa shape index (κ3) is 4.32. The number of hydrogen-bond donors (Lipinski definition) is 1. The van der Waals surface area contributed by atoms with Gasteiger partial charge in [-0.1, -0.05) is 29.8 Å². The van der Waals surface area contributed by atoms with Crippen molar-refractivity contribution in [2.45, 2.75) is 19.5 Å². The Kier molecular flexibility index (Phi) is 6.59. The van der Waals surface area contributed by atoms with Crippen molar-refractivity contribution in [1.82, 2.24) is 20.0 Å². The number of aromatic nitrogens is 2. The van der Waals surface area contributed by atoms with Gasteiger partial charge in [0.25, 0.3) is 0 Å². The molecule has 1 N–H and O–H groups in total. The summed E-state index contributed by atoms with van der Waals surface area (Å²) < 4.78 is 1.70. The zero-order valence-corrected chi connectivity index (χ0v) is 14.2. The van der Waals surface area contributed by atoms with E-state index < -0.39 is 0 Å². The first-order valence-corrected chi connectivity index (χ1v) is 6.97. The van der Waals surface area contributed by atoms with E-state index in [0.29, 0.717) is 6.54 Å². The van der Waals surface area contributed by atoms with Crippen LogP contribution < -0.4 is 5.32 Å². The number of likely N-dealkylation sites (N-methyl/N-ethyl adjacent to an activating group) is 2. The Morgan fingerprint density at radius 1 is 1.36 bits per heavy atom. The molecular formula is C16H23ClN4O. The lowest BCUT2D eigenvalue weighted by Crippen LogP contribution is -2.37. The van der Waals surface area contributed by atoms with Crippen molar-refractivity contribution in [2.24, 2.45) is 7.05 Å². The van der Waals surface area contributed by atoms with Gasteiger partial charge in [0.1, 0.15) is 6.04 Å². The van der Waals surface area contributed by atoms with Crippen LogP contribution in [0, 0.1) is 6.92 Å². The van der Waals surface area contributed by atoms with E-state index in [9.17, 15) is 4.79 Å². The Hall–Kier alpha value is -1.85. The maximum Gasteiger partial charge on any atom is 0.244 e. The molecule has 0 aliphatic heterocycles. The molecule has 0 bridgehead atoms. The molecule has 1 aromatic carbocycles. The first-order chi connectivity index (χ1) is 10.0. The summed E-state index contributed by atoms with van der Waals surface area (Å²) in [4.78, 5) is 14.3. The molecule has 1 amide bonds. The van der Waals surface area contributed by atoms with Gasteiger partial charge in [-0.15, -0.1) is 12.4 Å². The molecule has 0 spiro atoms. The van der Waals surface area contributed by atoms with Crippen LogP contribution in [0.3, 0.4) is 0 Å². The fraction of sp³-hybridized carbons (Fsp3) is 0.375. The zero-order valence-electron chi connectivity index (χ0n) is 13.4. The number of amides is 1. The molecule has 22 heavy (non-hydrogen) atoms. The first kappa shape index (κ1) is 18.2. The van der Waals surface area contributed by atoms with Crippen molar-refractivity contribution < 1.29 is 4.79 Å². The van der Waals surface area contributed by atoms with Crippen molar-refractivity contribution in [3.63, 3.8) is 0 Å². The number of nitrogens with zero attached hydrogens (tertiary/aromatic N) is 3. The van der Waals surface area contributed by atoms with E-state index in [1.54, 1.807) is 22.8 Å². The minimum absolute atomic E-state index is 0. The molecule has 0 aliphatic rings. The molecule has 5 nitrogen and oxygen atoms in total. The van der Waals surface area contributed by atoms with Crippen molar-refractivity contribution in [2.75, 3.05) is 14.1 Å². The lowest BCUT2D eigenvalue weighted by atomic mass is 10.1. The SMILES string of the molecule is CNC(C(=O)N(C)Cc1ccc(C)cc1)c1cnn(C)c1.Cl. The summed E-state index contributed by atoms with van der Waals surface area (Å²) >= 11 is 0. The molecule has 0 radical (unpaired) electrons. The van der Waals surface area contributed by atoms with Gasteiger partial charge in [0, 0.05) is 32.4 Å². The second-order valence-electron chi connectivity index (χ2n) is 5.35. The normalized spacial score (nSPS) is 11.6. The Balaban J connectivity index is 0.00000242. The van der Waals surface area contributed by atoms with E-state index in [-0.39, 0.29) is 24.4 Å². The highest BCUT2D eigenvalue weighted by atomic mass is 35.5. The minimum Gasteiger partial charge on any atom is -0.340 e. The van der Waals surface area contributed by atoms with Crippen molar-refractivity contribution in [3.05, 3.63) is 53.3 Å². The number of nitrogens with one attached hydrogen (secondary N) is 1. The van der Waals surface area contributed by atoms with Gasteiger partial charge in [0.15, 0.2) is 0 Å². The standard InChI is InChI=1S/C16H22N4O.ClH/c1-12-5-7-13(8-6-12)10-19(3)16(21)15(17-2)14-9-18-20(4)11-14;/h5-9,11,15,17H,10H2,1-4H3;1H. The van der Waals surface area contributed by atoms with E-state index in [4.69, 9.17) is 0 Å². The molecule has 1 aromatic heterocycles. The number of aryl methyl sites for hydroxylation is 2. The molecule has 2 rings (SSSR count). The van der Waals surface area contributed by atoms with Crippen LogP contribution in [0.2, 0.25) is 0 Å². The summed E-state index contributed by atoms with van der Waals surface area (Å²) in [6, 6.07) is 7.86. The number of carbonyl (C=O) groups is 1. The van der Waals surface area contributed by atoms with Gasteiger partial charge in [-0.25, -0.2) is 0 Å². The summed E-state index contributed by atoms with van der Waals surface area (Å²) in [6.45, 7) is 2.65. The summed E-state index contributed by atoms with van der Waals surface area (Å²) in [7, 11) is 5.45. The van der Waals surface area contributed by atoms with Gasteiger partial charge < -0.3 is 10.2 Å². The maximum absolute atomic E-state index is 12.6. The Bertz CT molecular complexity index is 609. The third-order valence-corrected chi connectivity index (χ3v) is 3.51. The van der Waals surface area contributed by atoms with Crippen LogP contribution in [0.25, 0.3) is 0 Å². The highest BCUT2D eigenvalue weighted by Crippen LogP contribution is 2.15. The van der Waals surface area contributed by atoms with E-state index in [2.05, 4.69) is 41.6 Å². The number of carbonyl (C=O) groups excluding carboxylic acids is 1. The van der Waals surface area contributed by atoms with E-state index >= 15 is 0 Å². The second kappa shape index (κ2) is 7.96. The topological polar surface area (TPSA) is 50.2 Å². The predicted molar refractivity (Wildman–Crippen MR) is 89.9 cm³/mol. The van der Waals surface area contributed by atoms with Crippen LogP contribution >= 0.6 is 12.4 Å². The molecule has 6 heteroatoms. The quantitative estimate of drug-likeness (QED) is 0.917. The molecule has 0 saturated carbocycles. The first-order valence-electron chi connectivity index (χ1n) is 6.97. The van der Waals surface area contributed by atoms with Gasteiger partial charge in [0.05, 0.1) is 6.20 Å². The Labute approximate surface area is 137 Å². The molecule has 0 fully saturated rings. The van der Waals surface area contributed by atoms with Gasteiger partial charge in [-0.05, 0) is 19.5 Å². The molecular weight excluding hydrogens is 300 g/mol. The van der Waals surface area contributed by atoms with Crippen LogP contribution in [-0.4, -0.2) is 34.7 Å². The monoisotopic (exact) mass is 322 g/mol. The van der Waals surface area contributed by atoms with Crippen LogP contribution in [0.1, 0.15) is 22.7 Å². The lowest BCUT2D eigenvalue weighted by molar-refractivity contribution is -0.132. The molecule has 120 valence electrons. The largest absolute Gasteiger partial charge is 0.340 e. The maximum atomic E-state index is 12.6. The van der Waals surface area contributed by atoms with Crippen LogP contribution in [0.4, 0.5) is 0 Å². The van der Waals surface area contributed by atoms with Gasteiger partial charge in [0.2, 0.25) is 5.91 Å². The Morgan fingerprint density at radius 2 is 2.00 bits per heavy atom. The molecule has 1 atom stereocenters. The number of rotatable bonds is 5. The molecule has 0 saturated heterocycles. The fourth-order valence-corrected chi connectivity index (χ4v) is 2.29. The smallest absolute Gasteiger partial charge is 0.244 e. The van der Waals surface area contributed by atoms with E-state index in [1.807, 2.05) is 20.3 Å². The summed E-state index contributed by atoms with van der Waals surface area (Å²) in [5.74, 6) is 0.0334. The van der Waals surface area contributed by atoms with Crippen LogP contribution in [0.5, 0.6) is 0 Å². The fourth-order valence-electron chi connectivity index (χ4n) is 2.29. The van der Waals surface area contributed by atoms with Crippen LogP contribution in [0.15, 0.2) is 36.7 Å². The third-order valence-electron chi connectivity index (χ3n) is 3.51.